The van der Waals surface area contributed by atoms with E-state index in [1.807, 2.05) is 0 Å². The SMILES string of the molecule is CC(C)(C)OC(=O)N1CCc2c(sc(NC(=O)CSc3cccc(NC(=O)c4ccc(C(=O)O)cc4C(=O)O)c3)c2C#N)C1. The second-order valence-corrected chi connectivity index (χ2v) is 12.8. The molecule has 2 heterocycles. The standard InChI is InChI=1S/C30H28N4O8S2/c1-30(2,3)42-29(41)34-10-9-19-22(13-31)26(44-23(19)14-34)33-24(35)15-43-18-6-4-5-17(12-18)32-25(36)20-8-7-16(27(37)38)11-21(20)28(39)40/h4-8,11-12H,9-10,14-15H2,1-3H3,(H,32,36)(H,33,35)(H,37,38)(H,39,40). The number of hydrogen-bond acceptors (Lipinski definition) is 9. The highest BCUT2D eigenvalue weighted by atomic mass is 32.2. The van der Waals surface area contributed by atoms with E-state index in [0.29, 0.717) is 34.1 Å². The number of carboxylic acid groups (broad SMARTS) is 2. The molecule has 4 rings (SSSR count). The molecule has 4 N–H and O–H groups in total. The second-order valence-electron chi connectivity index (χ2n) is 10.7. The van der Waals surface area contributed by atoms with Crippen LogP contribution >= 0.6 is 23.1 Å². The Bertz CT molecular complexity index is 1700. The highest BCUT2D eigenvalue weighted by Crippen LogP contribution is 2.37. The lowest BCUT2D eigenvalue weighted by Crippen LogP contribution is -2.39. The smallest absolute Gasteiger partial charge is 0.410 e. The summed E-state index contributed by atoms with van der Waals surface area (Å²) in [6.07, 6.45) is 0.0308. The maximum atomic E-state index is 12.8. The maximum Gasteiger partial charge on any atom is 0.410 e. The molecule has 3 aromatic rings. The van der Waals surface area contributed by atoms with E-state index in [1.165, 1.54) is 23.1 Å². The second kappa shape index (κ2) is 13.2. The Morgan fingerprint density at radius 2 is 1.80 bits per heavy atom. The van der Waals surface area contributed by atoms with Crippen molar-refractivity contribution in [3.63, 3.8) is 0 Å². The van der Waals surface area contributed by atoms with Crippen LogP contribution in [0.4, 0.5) is 15.5 Å². The minimum atomic E-state index is -1.44. The molecule has 12 nitrogen and oxygen atoms in total. The third-order valence-electron chi connectivity index (χ3n) is 6.28. The zero-order valence-electron chi connectivity index (χ0n) is 23.9. The molecule has 3 amide bonds. The van der Waals surface area contributed by atoms with Crippen molar-refractivity contribution in [1.82, 2.24) is 4.90 Å². The van der Waals surface area contributed by atoms with E-state index in [1.54, 1.807) is 49.9 Å². The number of rotatable bonds is 8. The van der Waals surface area contributed by atoms with Crippen molar-refractivity contribution in [2.24, 2.45) is 0 Å². The van der Waals surface area contributed by atoms with Gasteiger partial charge in [0.05, 0.1) is 34.6 Å². The molecule has 0 unspecified atom stereocenters. The summed E-state index contributed by atoms with van der Waals surface area (Å²) in [5.74, 6) is -3.86. The largest absolute Gasteiger partial charge is 0.478 e. The summed E-state index contributed by atoms with van der Waals surface area (Å²) < 4.78 is 5.46. The van der Waals surface area contributed by atoms with Crippen LogP contribution in [0.3, 0.4) is 0 Å². The van der Waals surface area contributed by atoms with E-state index in [-0.39, 0.29) is 29.3 Å². The Morgan fingerprint density at radius 3 is 2.45 bits per heavy atom. The van der Waals surface area contributed by atoms with Gasteiger partial charge in [-0.05, 0) is 69.2 Å². The lowest BCUT2D eigenvalue weighted by molar-refractivity contribution is -0.113. The minimum Gasteiger partial charge on any atom is -0.478 e. The molecule has 2 aromatic carbocycles. The summed E-state index contributed by atoms with van der Waals surface area (Å²) >= 11 is 2.44. The number of carboxylic acids is 2. The van der Waals surface area contributed by atoms with Crippen molar-refractivity contribution < 1.29 is 38.9 Å². The van der Waals surface area contributed by atoms with Gasteiger partial charge in [0.25, 0.3) is 5.91 Å². The fourth-order valence-electron chi connectivity index (χ4n) is 4.32. The molecule has 0 saturated heterocycles. The van der Waals surface area contributed by atoms with Crippen LogP contribution in [-0.4, -0.2) is 62.9 Å². The number of ether oxygens (including phenoxy) is 1. The molecule has 0 fully saturated rings. The van der Waals surface area contributed by atoms with Gasteiger partial charge in [0, 0.05) is 22.0 Å². The predicted molar refractivity (Wildman–Crippen MR) is 163 cm³/mol. The first-order valence-corrected chi connectivity index (χ1v) is 15.0. The highest BCUT2D eigenvalue weighted by Gasteiger charge is 2.30. The van der Waals surface area contributed by atoms with Crippen LogP contribution in [0.25, 0.3) is 0 Å². The summed E-state index contributed by atoms with van der Waals surface area (Å²) in [7, 11) is 0. The molecule has 1 aromatic heterocycles. The summed E-state index contributed by atoms with van der Waals surface area (Å²) in [6.45, 7) is 6.05. The zero-order valence-corrected chi connectivity index (χ0v) is 25.6. The van der Waals surface area contributed by atoms with E-state index in [9.17, 15) is 34.3 Å². The third kappa shape index (κ3) is 7.74. The van der Waals surface area contributed by atoms with Gasteiger partial charge >= 0.3 is 18.0 Å². The first kappa shape index (κ1) is 32.1. The Balaban J connectivity index is 1.39. The van der Waals surface area contributed by atoms with Gasteiger partial charge in [-0.2, -0.15) is 5.26 Å². The van der Waals surface area contributed by atoms with Gasteiger partial charge in [-0.1, -0.05) is 6.07 Å². The molecule has 0 atom stereocenters. The summed E-state index contributed by atoms with van der Waals surface area (Å²) in [5.41, 5.74) is -0.0162. The number of thiophene rings is 1. The van der Waals surface area contributed by atoms with Crippen LogP contribution in [0.2, 0.25) is 0 Å². The molecule has 0 saturated carbocycles. The molecule has 0 bridgehead atoms. The number of aromatic carboxylic acids is 2. The first-order valence-electron chi connectivity index (χ1n) is 13.2. The predicted octanol–water partition coefficient (Wildman–Crippen LogP) is 5.29. The van der Waals surface area contributed by atoms with Crippen molar-refractivity contribution in [3.8, 4) is 6.07 Å². The van der Waals surface area contributed by atoms with Crippen molar-refractivity contribution in [2.45, 2.75) is 44.2 Å². The molecular formula is C30H28N4O8S2. The van der Waals surface area contributed by atoms with E-state index >= 15 is 0 Å². The number of thioether (sulfide) groups is 1. The lowest BCUT2D eigenvalue weighted by Gasteiger charge is -2.29. The van der Waals surface area contributed by atoms with Crippen LogP contribution in [0.5, 0.6) is 0 Å². The zero-order chi connectivity index (χ0) is 32.2. The molecule has 0 spiro atoms. The van der Waals surface area contributed by atoms with E-state index < -0.39 is 35.1 Å². The molecule has 0 radical (unpaired) electrons. The van der Waals surface area contributed by atoms with Crippen LogP contribution in [0.1, 0.15) is 67.8 Å². The highest BCUT2D eigenvalue weighted by molar-refractivity contribution is 8.00. The number of nitriles is 1. The number of benzene rings is 2. The fourth-order valence-corrected chi connectivity index (χ4v) is 6.30. The third-order valence-corrected chi connectivity index (χ3v) is 8.40. The van der Waals surface area contributed by atoms with Crippen molar-refractivity contribution in [3.05, 3.63) is 75.2 Å². The summed E-state index contributed by atoms with van der Waals surface area (Å²) in [6, 6.07) is 12.0. The van der Waals surface area contributed by atoms with Gasteiger partial charge in [-0.25, -0.2) is 14.4 Å². The van der Waals surface area contributed by atoms with Crippen molar-refractivity contribution in [2.75, 3.05) is 22.9 Å². The molecule has 14 heteroatoms. The van der Waals surface area contributed by atoms with Gasteiger partial charge < -0.3 is 30.5 Å². The van der Waals surface area contributed by atoms with E-state index in [0.717, 1.165) is 28.6 Å². The van der Waals surface area contributed by atoms with Crippen LogP contribution in [0, 0.1) is 11.3 Å². The molecule has 228 valence electrons. The van der Waals surface area contributed by atoms with Crippen molar-refractivity contribution in [1.29, 1.82) is 5.26 Å². The fraction of sp³-hybridized carbons (Fsp3) is 0.267. The Kier molecular flexibility index (Phi) is 9.61. The van der Waals surface area contributed by atoms with Crippen molar-refractivity contribution >= 4 is 63.6 Å². The van der Waals surface area contributed by atoms with E-state index in [2.05, 4.69) is 16.7 Å². The van der Waals surface area contributed by atoms with Crippen LogP contribution < -0.4 is 10.6 Å². The number of carbonyl (C=O) groups excluding carboxylic acids is 3. The summed E-state index contributed by atoms with van der Waals surface area (Å²) in [4.78, 5) is 64.0. The van der Waals surface area contributed by atoms with Crippen LogP contribution in [-0.2, 0) is 22.5 Å². The Labute approximate surface area is 260 Å². The molecule has 0 aliphatic carbocycles. The number of carbonyl (C=O) groups is 5. The number of fused-ring (bicyclic) bond motifs is 1. The topological polar surface area (TPSA) is 186 Å². The average Bonchev–Trinajstić information content (AvgIpc) is 3.30. The van der Waals surface area contributed by atoms with E-state index in [4.69, 9.17) is 9.84 Å². The molecule has 1 aliphatic rings. The summed E-state index contributed by atoms with van der Waals surface area (Å²) in [5, 5.41) is 34.2. The number of anilines is 2. The number of amides is 3. The Hall–Kier alpha value is -4.87. The monoisotopic (exact) mass is 636 g/mol. The number of nitrogens with zero attached hydrogens (tertiary/aromatic N) is 2. The molecule has 1 aliphatic heterocycles. The minimum absolute atomic E-state index is 0.00528. The van der Waals surface area contributed by atoms with Gasteiger partial charge in [0.2, 0.25) is 5.91 Å². The lowest BCUT2D eigenvalue weighted by atomic mass is 10.0. The quantitative estimate of drug-likeness (QED) is 0.237. The van der Waals surface area contributed by atoms with Crippen LogP contribution in [0.15, 0.2) is 47.4 Å². The molecule has 44 heavy (non-hydrogen) atoms. The number of hydrogen-bond donors (Lipinski definition) is 4. The maximum absolute atomic E-state index is 12.8. The molecular weight excluding hydrogens is 608 g/mol. The first-order chi connectivity index (χ1) is 20.8. The number of nitrogens with one attached hydrogen (secondary N) is 2. The normalized spacial score (nSPS) is 12.5. The van der Waals surface area contributed by atoms with Gasteiger partial charge in [-0.15, -0.1) is 23.1 Å². The average molecular weight is 637 g/mol. The van der Waals surface area contributed by atoms with Gasteiger partial charge in [0.15, 0.2) is 0 Å². The van der Waals surface area contributed by atoms with Gasteiger partial charge in [-0.3, -0.25) is 9.59 Å². The Morgan fingerprint density at radius 1 is 1.05 bits per heavy atom. The van der Waals surface area contributed by atoms with Gasteiger partial charge in [0.1, 0.15) is 16.7 Å².